The second-order valence-electron chi connectivity index (χ2n) is 7.23. The number of aliphatic hydroxyl groups is 1. The van der Waals surface area contributed by atoms with Gasteiger partial charge in [-0.3, -0.25) is 4.79 Å². The topological polar surface area (TPSA) is 74.2 Å². The van der Waals surface area contributed by atoms with Crippen LogP contribution in [0.4, 0.5) is 0 Å². The average Bonchev–Trinajstić information content (AvgIpc) is 2.94. The number of benzene rings is 1. The van der Waals surface area contributed by atoms with E-state index >= 15 is 0 Å². The second-order valence-corrected chi connectivity index (χ2v) is 7.23. The highest BCUT2D eigenvalue weighted by Crippen LogP contribution is 2.27. The monoisotopic (exact) mass is 352 g/mol. The van der Waals surface area contributed by atoms with Crippen LogP contribution in [0.25, 0.3) is 0 Å². The molecule has 1 aromatic carbocycles. The highest BCUT2D eigenvalue weighted by Gasteiger charge is 2.39. The molecule has 1 N–H and O–H groups in total. The van der Waals surface area contributed by atoms with E-state index in [4.69, 9.17) is 18.9 Å². The molecule has 2 rings (SSSR count). The Bertz CT molecular complexity index is 531. The van der Waals surface area contributed by atoms with E-state index in [0.717, 1.165) is 5.56 Å². The van der Waals surface area contributed by atoms with E-state index in [1.54, 1.807) is 20.8 Å². The molecule has 1 aliphatic heterocycles. The molecule has 0 radical (unpaired) electrons. The van der Waals surface area contributed by atoms with Crippen molar-refractivity contribution in [3.05, 3.63) is 35.9 Å². The molecule has 1 fully saturated rings. The maximum absolute atomic E-state index is 11.9. The van der Waals surface area contributed by atoms with E-state index in [0.29, 0.717) is 19.8 Å². The van der Waals surface area contributed by atoms with Crippen molar-refractivity contribution in [1.82, 2.24) is 0 Å². The van der Waals surface area contributed by atoms with Crippen molar-refractivity contribution < 1.29 is 28.8 Å². The Kier molecular flexibility index (Phi) is 6.95. The van der Waals surface area contributed by atoms with Crippen molar-refractivity contribution in [2.24, 2.45) is 0 Å². The fraction of sp³-hybridized carbons (Fsp3) is 0.632. The Morgan fingerprint density at radius 1 is 1.24 bits per heavy atom. The summed E-state index contributed by atoms with van der Waals surface area (Å²) in [6.07, 6.45) is -0.876. The average molecular weight is 352 g/mol. The standard InChI is InChI=1S/C19H28O6/c1-18(2,3)25-17(21)11-16(20)12-19(23-9-10-24-19)14-22-13-15-7-5-4-6-8-15/h4-8,16,20H,9-14H2,1-3H3. The van der Waals surface area contributed by atoms with Gasteiger partial charge in [0.05, 0.1) is 32.3 Å². The summed E-state index contributed by atoms with van der Waals surface area (Å²) in [5.74, 6) is -1.46. The molecular weight excluding hydrogens is 324 g/mol. The fourth-order valence-electron chi connectivity index (χ4n) is 2.66. The van der Waals surface area contributed by atoms with Crippen LogP contribution in [-0.4, -0.2) is 48.4 Å². The first-order valence-corrected chi connectivity index (χ1v) is 8.57. The molecule has 140 valence electrons. The van der Waals surface area contributed by atoms with E-state index in [2.05, 4.69) is 0 Å². The zero-order chi connectivity index (χ0) is 18.3. The Balaban J connectivity index is 1.83. The molecule has 6 heteroatoms. The number of carbonyl (C=O) groups excluding carboxylic acids is 1. The molecule has 0 amide bonds. The van der Waals surface area contributed by atoms with Crippen LogP contribution in [0.1, 0.15) is 39.2 Å². The molecule has 1 heterocycles. The minimum Gasteiger partial charge on any atom is -0.460 e. The Morgan fingerprint density at radius 2 is 1.88 bits per heavy atom. The van der Waals surface area contributed by atoms with Crippen LogP contribution in [0.2, 0.25) is 0 Å². The van der Waals surface area contributed by atoms with Gasteiger partial charge < -0.3 is 24.1 Å². The third kappa shape index (κ3) is 7.12. The van der Waals surface area contributed by atoms with Gasteiger partial charge in [-0.2, -0.15) is 0 Å². The van der Waals surface area contributed by atoms with Gasteiger partial charge in [-0.15, -0.1) is 0 Å². The maximum atomic E-state index is 11.9. The molecule has 1 aromatic rings. The molecule has 0 spiro atoms. The fourth-order valence-corrected chi connectivity index (χ4v) is 2.66. The first kappa shape index (κ1) is 19.8. The lowest BCUT2D eigenvalue weighted by molar-refractivity contribution is -0.212. The molecule has 1 atom stereocenters. The van der Waals surface area contributed by atoms with Crippen LogP contribution in [0.15, 0.2) is 30.3 Å². The van der Waals surface area contributed by atoms with Gasteiger partial charge in [-0.1, -0.05) is 30.3 Å². The SMILES string of the molecule is CC(C)(C)OC(=O)CC(O)CC1(COCc2ccccc2)OCCO1. The third-order valence-corrected chi connectivity index (χ3v) is 3.62. The van der Waals surface area contributed by atoms with Crippen molar-refractivity contribution >= 4 is 5.97 Å². The smallest absolute Gasteiger partial charge is 0.308 e. The predicted octanol–water partition coefficient (Wildman–Crippen LogP) is 2.43. The van der Waals surface area contributed by atoms with Gasteiger partial charge in [0.25, 0.3) is 0 Å². The molecular formula is C19H28O6. The van der Waals surface area contributed by atoms with Crippen molar-refractivity contribution in [1.29, 1.82) is 0 Å². The van der Waals surface area contributed by atoms with Crippen LogP contribution >= 0.6 is 0 Å². The molecule has 25 heavy (non-hydrogen) atoms. The summed E-state index contributed by atoms with van der Waals surface area (Å²) in [4.78, 5) is 11.9. The van der Waals surface area contributed by atoms with E-state index < -0.39 is 23.5 Å². The summed E-state index contributed by atoms with van der Waals surface area (Å²) in [5, 5.41) is 10.2. The van der Waals surface area contributed by atoms with Crippen molar-refractivity contribution in [3.63, 3.8) is 0 Å². The van der Waals surface area contributed by atoms with Gasteiger partial charge in [0.15, 0.2) is 5.79 Å². The van der Waals surface area contributed by atoms with Gasteiger partial charge in [0, 0.05) is 6.42 Å². The van der Waals surface area contributed by atoms with E-state index in [9.17, 15) is 9.90 Å². The summed E-state index contributed by atoms with van der Waals surface area (Å²) in [7, 11) is 0. The van der Waals surface area contributed by atoms with Crippen LogP contribution in [0.3, 0.4) is 0 Å². The Hall–Kier alpha value is -1.47. The summed E-state index contributed by atoms with van der Waals surface area (Å²) in [6, 6.07) is 9.78. The Labute approximate surface area is 149 Å². The van der Waals surface area contributed by atoms with Gasteiger partial charge in [-0.05, 0) is 26.3 Å². The summed E-state index contributed by atoms with van der Waals surface area (Å²) >= 11 is 0. The van der Waals surface area contributed by atoms with Gasteiger partial charge >= 0.3 is 5.97 Å². The normalized spacial score (nSPS) is 18.1. The molecule has 0 saturated carbocycles. The van der Waals surface area contributed by atoms with Crippen LogP contribution in [0, 0.1) is 0 Å². The van der Waals surface area contributed by atoms with E-state index in [1.165, 1.54) is 0 Å². The van der Waals surface area contributed by atoms with Crippen molar-refractivity contribution in [2.45, 2.75) is 57.7 Å². The summed E-state index contributed by atoms with van der Waals surface area (Å²) in [6.45, 7) is 6.87. The summed E-state index contributed by atoms with van der Waals surface area (Å²) in [5.41, 5.74) is 0.471. The molecule has 0 aromatic heterocycles. The zero-order valence-corrected chi connectivity index (χ0v) is 15.2. The lowest BCUT2D eigenvalue weighted by Gasteiger charge is -2.29. The first-order valence-electron chi connectivity index (χ1n) is 8.57. The molecule has 1 unspecified atom stereocenters. The van der Waals surface area contributed by atoms with Crippen LogP contribution in [0.5, 0.6) is 0 Å². The Morgan fingerprint density at radius 3 is 2.48 bits per heavy atom. The van der Waals surface area contributed by atoms with Crippen molar-refractivity contribution in [3.8, 4) is 0 Å². The second kappa shape index (κ2) is 8.76. The largest absolute Gasteiger partial charge is 0.460 e. The van der Waals surface area contributed by atoms with Gasteiger partial charge in [-0.25, -0.2) is 0 Å². The van der Waals surface area contributed by atoms with Crippen LogP contribution < -0.4 is 0 Å². The molecule has 6 nitrogen and oxygen atoms in total. The van der Waals surface area contributed by atoms with Crippen molar-refractivity contribution in [2.75, 3.05) is 19.8 Å². The predicted molar refractivity (Wildman–Crippen MR) is 91.8 cm³/mol. The number of hydrogen-bond donors (Lipinski definition) is 1. The number of carbonyl (C=O) groups is 1. The lowest BCUT2D eigenvalue weighted by Crippen LogP contribution is -2.40. The number of ether oxygens (including phenoxy) is 4. The molecule has 0 aliphatic carbocycles. The highest BCUT2D eigenvalue weighted by molar-refractivity contribution is 5.70. The quantitative estimate of drug-likeness (QED) is 0.725. The van der Waals surface area contributed by atoms with Gasteiger partial charge in [0.1, 0.15) is 12.2 Å². The molecule has 1 saturated heterocycles. The van der Waals surface area contributed by atoms with Gasteiger partial charge in [0.2, 0.25) is 0 Å². The van der Waals surface area contributed by atoms with E-state index in [-0.39, 0.29) is 19.4 Å². The minimum absolute atomic E-state index is 0.107. The molecule has 1 aliphatic rings. The number of esters is 1. The zero-order valence-electron chi connectivity index (χ0n) is 15.2. The lowest BCUT2D eigenvalue weighted by atomic mass is 10.1. The van der Waals surface area contributed by atoms with E-state index in [1.807, 2.05) is 30.3 Å². The van der Waals surface area contributed by atoms with Crippen LogP contribution in [-0.2, 0) is 30.3 Å². The number of rotatable bonds is 8. The highest BCUT2D eigenvalue weighted by atomic mass is 16.8. The number of hydrogen-bond acceptors (Lipinski definition) is 6. The minimum atomic E-state index is -1.02. The third-order valence-electron chi connectivity index (χ3n) is 3.62. The molecule has 0 bridgehead atoms. The first-order chi connectivity index (χ1) is 11.8. The maximum Gasteiger partial charge on any atom is 0.308 e. The number of aliphatic hydroxyl groups excluding tert-OH is 1. The summed E-state index contributed by atoms with van der Waals surface area (Å²) < 4.78 is 22.3.